The van der Waals surface area contributed by atoms with Crippen LogP contribution in [-0.4, -0.2) is 76.9 Å². The molecule has 0 spiro atoms. The molecule has 1 amide bonds. The third-order valence-electron chi connectivity index (χ3n) is 4.08. The van der Waals surface area contributed by atoms with Gasteiger partial charge in [-0.1, -0.05) is 0 Å². The number of nitrogens with zero attached hydrogens (tertiary/aromatic N) is 3. The van der Waals surface area contributed by atoms with E-state index in [1.807, 2.05) is 4.90 Å². The lowest BCUT2D eigenvalue weighted by Gasteiger charge is -2.34. The first kappa shape index (κ1) is 16.2. The molecule has 0 bridgehead atoms. The Balaban J connectivity index is 0.00000161. The SMILES string of the molecule is Cl.O=C(c1n[nH]c2c1CNCC2)N1CCN(CCO)CC1. The second-order valence-electron chi connectivity index (χ2n) is 5.31. The zero-order chi connectivity index (χ0) is 13.9. The number of hydrogen-bond donors (Lipinski definition) is 3. The first-order chi connectivity index (χ1) is 9.79. The normalized spacial score (nSPS) is 19.0. The first-order valence-electron chi connectivity index (χ1n) is 7.19. The van der Waals surface area contributed by atoms with Crippen molar-refractivity contribution in [1.29, 1.82) is 0 Å². The van der Waals surface area contributed by atoms with Gasteiger partial charge in [-0.3, -0.25) is 14.8 Å². The summed E-state index contributed by atoms with van der Waals surface area (Å²) in [6.45, 7) is 5.55. The molecule has 3 heterocycles. The number of carbonyl (C=O) groups excluding carboxylic acids is 1. The van der Waals surface area contributed by atoms with Crippen LogP contribution in [-0.2, 0) is 13.0 Å². The van der Waals surface area contributed by atoms with E-state index in [-0.39, 0.29) is 24.9 Å². The summed E-state index contributed by atoms with van der Waals surface area (Å²) >= 11 is 0. The van der Waals surface area contributed by atoms with Crippen molar-refractivity contribution in [2.75, 3.05) is 45.9 Å². The van der Waals surface area contributed by atoms with Gasteiger partial charge in [-0.25, -0.2) is 0 Å². The summed E-state index contributed by atoms with van der Waals surface area (Å²) in [6, 6.07) is 0. The molecule has 0 atom stereocenters. The van der Waals surface area contributed by atoms with E-state index in [9.17, 15) is 4.79 Å². The van der Waals surface area contributed by atoms with Crippen molar-refractivity contribution in [2.24, 2.45) is 0 Å². The van der Waals surface area contributed by atoms with E-state index < -0.39 is 0 Å². The molecule has 0 unspecified atom stereocenters. The lowest BCUT2D eigenvalue weighted by molar-refractivity contribution is 0.0608. The van der Waals surface area contributed by atoms with Crippen LogP contribution in [0.5, 0.6) is 0 Å². The van der Waals surface area contributed by atoms with Crippen LogP contribution < -0.4 is 5.32 Å². The molecule has 1 fully saturated rings. The highest BCUT2D eigenvalue weighted by Crippen LogP contribution is 2.17. The third kappa shape index (κ3) is 3.37. The lowest BCUT2D eigenvalue weighted by atomic mass is 10.1. The number of β-amino-alcohol motifs (C(OH)–C–C–N with tert-alkyl or cyclic N) is 1. The number of aromatic nitrogens is 2. The molecular weight excluding hydrogens is 294 g/mol. The number of aliphatic hydroxyl groups is 1. The van der Waals surface area contributed by atoms with Crippen molar-refractivity contribution < 1.29 is 9.90 Å². The number of aromatic amines is 1. The molecule has 0 aromatic carbocycles. The van der Waals surface area contributed by atoms with Crippen LogP contribution in [0.3, 0.4) is 0 Å². The Morgan fingerprint density at radius 3 is 2.76 bits per heavy atom. The monoisotopic (exact) mass is 315 g/mol. The third-order valence-corrected chi connectivity index (χ3v) is 4.08. The Morgan fingerprint density at radius 1 is 1.29 bits per heavy atom. The van der Waals surface area contributed by atoms with Gasteiger partial charge in [0, 0.05) is 63.5 Å². The second-order valence-corrected chi connectivity index (χ2v) is 5.31. The van der Waals surface area contributed by atoms with E-state index >= 15 is 0 Å². The zero-order valence-corrected chi connectivity index (χ0v) is 12.8. The van der Waals surface area contributed by atoms with E-state index in [4.69, 9.17) is 5.11 Å². The predicted molar refractivity (Wildman–Crippen MR) is 80.7 cm³/mol. The van der Waals surface area contributed by atoms with Gasteiger partial charge in [-0.2, -0.15) is 5.10 Å². The molecule has 7 nitrogen and oxygen atoms in total. The van der Waals surface area contributed by atoms with Gasteiger partial charge in [-0.05, 0) is 0 Å². The molecule has 8 heteroatoms. The average molecular weight is 316 g/mol. The summed E-state index contributed by atoms with van der Waals surface area (Å²) in [7, 11) is 0. The van der Waals surface area contributed by atoms with Crippen molar-refractivity contribution >= 4 is 18.3 Å². The van der Waals surface area contributed by atoms with E-state index in [2.05, 4.69) is 20.4 Å². The fraction of sp³-hybridized carbons (Fsp3) is 0.692. The molecule has 21 heavy (non-hydrogen) atoms. The lowest BCUT2D eigenvalue weighted by Crippen LogP contribution is -2.49. The molecule has 118 valence electrons. The summed E-state index contributed by atoms with van der Waals surface area (Å²) in [5.41, 5.74) is 2.69. The largest absolute Gasteiger partial charge is 0.395 e. The van der Waals surface area contributed by atoms with Gasteiger partial charge in [0.05, 0.1) is 6.61 Å². The number of fused-ring (bicyclic) bond motifs is 1. The number of halogens is 1. The van der Waals surface area contributed by atoms with E-state index in [0.29, 0.717) is 25.3 Å². The van der Waals surface area contributed by atoms with E-state index in [1.54, 1.807) is 0 Å². The van der Waals surface area contributed by atoms with Crippen LogP contribution in [0.15, 0.2) is 0 Å². The van der Waals surface area contributed by atoms with Gasteiger partial charge >= 0.3 is 0 Å². The van der Waals surface area contributed by atoms with Gasteiger partial charge in [0.2, 0.25) is 0 Å². The fourth-order valence-corrected chi connectivity index (χ4v) is 2.87. The summed E-state index contributed by atoms with van der Waals surface area (Å²) in [4.78, 5) is 16.6. The van der Waals surface area contributed by atoms with Crippen LogP contribution in [0, 0.1) is 0 Å². The minimum Gasteiger partial charge on any atom is -0.395 e. The van der Waals surface area contributed by atoms with Gasteiger partial charge in [-0.15, -0.1) is 12.4 Å². The molecule has 2 aliphatic rings. The quantitative estimate of drug-likeness (QED) is 0.682. The molecule has 0 radical (unpaired) electrons. The van der Waals surface area contributed by atoms with Crippen molar-refractivity contribution in [3.63, 3.8) is 0 Å². The summed E-state index contributed by atoms with van der Waals surface area (Å²) in [5, 5.41) is 19.4. The summed E-state index contributed by atoms with van der Waals surface area (Å²) in [6.07, 6.45) is 0.903. The zero-order valence-electron chi connectivity index (χ0n) is 12.0. The smallest absolute Gasteiger partial charge is 0.274 e. The Labute approximate surface area is 130 Å². The van der Waals surface area contributed by atoms with Crippen molar-refractivity contribution in [3.05, 3.63) is 17.0 Å². The molecule has 3 N–H and O–H groups in total. The maximum Gasteiger partial charge on any atom is 0.274 e. The minimum absolute atomic E-state index is 0. The predicted octanol–water partition coefficient (Wildman–Crippen LogP) is -0.773. The van der Waals surface area contributed by atoms with Crippen molar-refractivity contribution in [2.45, 2.75) is 13.0 Å². The number of carbonyl (C=O) groups is 1. The minimum atomic E-state index is 0. The molecule has 2 aliphatic heterocycles. The number of amides is 1. The maximum absolute atomic E-state index is 12.5. The highest BCUT2D eigenvalue weighted by Gasteiger charge is 2.27. The Kier molecular flexibility index (Phi) is 5.58. The van der Waals surface area contributed by atoms with Crippen LogP contribution in [0.1, 0.15) is 21.7 Å². The van der Waals surface area contributed by atoms with E-state index in [1.165, 1.54) is 0 Å². The number of piperazine rings is 1. The van der Waals surface area contributed by atoms with Crippen molar-refractivity contribution in [1.82, 2.24) is 25.3 Å². The summed E-state index contributed by atoms with van der Waals surface area (Å²) < 4.78 is 0. The molecule has 3 rings (SSSR count). The molecule has 0 saturated carbocycles. The van der Waals surface area contributed by atoms with Crippen LogP contribution >= 0.6 is 12.4 Å². The number of nitrogens with one attached hydrogen (secondary N) is 2. The van der Waals surface area contributed by atoms with E-state index in [0.717, 1.165) is 43.9 Å². The van der Waals surface area contributed by atoms with Gasteiger partial charge < -0.3 is 15.3 Å². The van der Waals surface area contributed by atoms with Crippen LogP contribution in [0.2, 0.25) is 0 Å². The first-order valence-corrected chi connectivity index (χ1v) is 7.19. The maximum atomic E-state index is 12.5. The number of rotatable bonds is 3. The number of H-pyrrole nitrogens is 1. The van der Waals surface area contributed by atoms with Crippen LogP contribution in [0.4, 0.5) is 0 Å². The number of hydrogen-bond acceptors (Lipinski definition) is 5. The molecule has 1 aromatic heterocycles. The van der Waals surface area contributed by atoms with Crippen molar-refractivity contribution in [3.8, 4) is 0 Å². The summed E-state index contributed by atoms with van der Waals surface area (Å²) in [5.74, 6) is 0.0230. The molecule has 0 aliphatic carbocycles. The number of aliphatic hydroxyl groups excluding tert-OH is 1. The highest BCUT2D eigenvalue weighted by molar-refractivity contribution is 5.94. The topological polar surface area (TPSA) is 84.5 Å². The molecule has 1 saturated heterocycles. The van der Waals surface area contributed by atoms with Gasteiger partial charge in [0.25, 0.3) is 5.91 Å². The molecule has 1 aromatic rings. The van der Waals surface area contributed by atoms with Gasteiger partial charge in [0.15, 0.2) is 5.69 Å². The molecular formula is C13H22ClN5O2. The Hall–Kier alpha value is -1.15. The van der Waals surface area contributed by atoms with Gasteiger partial charge in [0.1, 0.15) is 0 Å². The standard InChI is InChI=1S/C13H21N5O2.ClH/c19-8-7-17-3-5-18(6-4-17)13(20)12-10-9-14-2-1-11(10)15-16-12;/h14,19H,1-9H2,(H,15,16);1H. The second kappa shape index (κ2) is 7.22. The average Bonchev–Trinajstić information content (AvgIpc) is 2.92. The highest BCUT2D eigenvalue weighted by atomic mass is 35.5. The Bertz CT molecular complexity index is 485. The Morgan fingerprint density at radius 2 is 2.05 bits per heavy atom. The fourth-order valence-electron chi connectivity index (χ4n) is 2.87. The van der Waals surface area contributed by atoms with Crippen LogP contribution in [0.25, 0.3) is 0 Å².